The molecule has 0 amide bonds. The van der Waals surface area contributed by atoms with Gasteiger partial charge in [0.2, 0.25) is 0 Å². The maximum atomic E-state index is 11.5. The Kier molecular flexibility index (Phi) is 5.22. The Labute approximate surface area is 97.3 Å². The molecule has 0 aromatic heterocycles. The molecule has 1 unspecified atom stereocenters. The fraction of sp³-hybridized carbons (Fsp3) is 0.917. The SMILES string of the molecule is CCCCN1CCCCC1(CCO)C(=O)O. The number of likely N-dealkylation sites (tertiary alicyclic amines) is 1. The zero-order valence-corrected chi connectivity index (χ0v) is 10.1. The third-order valence-corrected chi connectivity index (χ3v) is 3.58. The van der Waals surface area contributed by atoms with E-state index in [-0.39, 0.29) is 6.61 Å². The molecule has 0 radical (unpaired) electrons. The van der Waals surface area contributed by atoms with E-state index in [4.69, 9.17) is 5.11 Å². The number of unbranched alkanes of at least 4 members (excludes halogenated alkanes) is 1. The van der Waals surface area contributed by atoms with E-state index in [0.717, 1.165) is 38.8 Å². The van der Waals surface area contributed by atoms with E-state index in [1.54, 1.807) is 0 Å². The van der Waals surface area contributed by atoms with Crippen LogP contribution in [0.2, 0.25) is 0 Å². The number of rotatable bonds is 6. The Morgan fingerprint density at radius 3 is 2.75 bits per heavy atom. The van der Waals surface area contributed by atoms with E-state index in [0.29, 0.717) is 12.8 Å². The number of hydrogen-bond acceptors (Lipinski definition) is 3. The third-order valence-electron chi connectivity index (χ3n) is 3.58. The fourth-order valence-electron chi connectivity index (χ4n) is 2.58. The van der Waals surface area contributed by atoms with Crippen LogP contribution < -0.4 is 0 Å². The lowest BCUT2D eigenvalue weighted by molar-refractivity contribution is -0.156. The zero-order valence-electron chi connectivity index (χ0n) is 10.1. The number of carbonyl (C=O) groups is 1. The van der Waals surface area contributed by atoms with Gasteiger partial charge in [0, 0.05) is 6.61 Å². The van der Waals surface area contributed by atoms with Crippen molar-refractivity contribution in [3.05, 3.63) is 0 Å². The molecule has 0 aromatic rings. The number of aliphatic hydroxyl groups is 1. The molecular weight excluding hydrogens is 206 g/mol. The molecule has 1 fully saturated rings. The lowest BCUT2D eigenvalue weighted by Crippen LogP contribution is -2.57. The van der Waals surface area contributed by atoms with Crippen LogP contribution in [0.25, 0.3) is 0 Å². The van der Waals surface area contributed by atoms with E-state index in [2.05, 4.69) is 11.8 Å². The third kappa shape index (κ3) is 2.74. The fourth-order valence-corrected chi connectivity index (χ4v) is 2.58. The van der Waals surface area contributed by atoms with Crippen LogP contribution in [-0.4, -0.2) is 46.3 Å². The van der Waals surface area contributed by atoms with Gasteiger partial charge in [0.1, 0.15) is 5.54 Å². The highest BCUT2D eigenvalue weighted by atomic mass is 16.4. The highest BCUT2D eigenvalue weighted by Gasteiger charge is 2.44. The minimum atomic E-state index is -0.803. The monoisotopic (exact) mass is 229 g/mol. The molecule has 2 N–H and O–H groups in total. The number of hydrogen-bond donors (Lipinski definition) is 2. The molecule has 0 aliphatic carbocycles. The topological polar surface area (TPSA) is 60.8 Å². The molecule has 0 spiro atoms. The summed E-state index contributed by atoms with van der Waals surface area (Å²) in [5.41, 5.74) is -0.803. The summed E-state index contributed by atoms with van der Waals surface area (Å²) in [5.74, 6) is -0.766. The summed E-state index contributed by atoms with van der Waals surface area (Å²) in [7, 11) is 0. The number of aliphatic carboxylic acids is 1. The Balaban J connectivity index is 2.77. The molecule has 1 heterocycles. The number of nitrogens with zero attached hydrogens (tertiary/aromatic N) is 1. The summed E-state index contributed by atoms with van der Waals surface area (Å²) < 4.78 is 0. The predicted octanol–water partition coefficient (Wildman–Crippen LogP) is 1.48. The second-order valence-corrected chi connectivity index (χ2v) is 4.61. The highest BCUT2D eigenvalue weighted by molar-refractivity contribution is 5.79. The second-order valence-electron chi connectivity index (χ2n) is 4.61. The van der Waals surface area contributed by atoms with Crippen molar-refractivity contribution in [3.8, 4) is 0 Å². The molecule has 1 aliphatic rings. The average molecular weight is 229 g/mol. The van der Waals surface area contributed by atoms with Crippen molar-refractivity contribution < 1.29 is 15.0 Å². The number of aliphatic hydroxyl groups excluding tert-OH is 1. The maximum absolute atomic E-state index is 11.5. The number of carboxylic acids is 1. The van der Waals surface area contributed by atoms with Crippen molar-refractivity contribution in [2.24, 2.45) is 0 Å². The molecule has 1 rings (SSSR count). The van der Waals surface area contributed by atoms with Crippen LogP contribution in [0, 0.1) is 0 Å². The van der Waals surface area contributed by atoms with Gasteiger partial charge < -0.3 is 10.2 Å². The molecule has 1 aliphatic heterocycles. The average Bonchev–Trinajstić information content (AvgIpc) is 2.28. The largest absolute Gasteiger partial charge is 0.480 e. The summed E-state index contributed by atoms with van der Waals surface area (Å²) in [6.45, 7) is 3.75. The second kappa shape index (κ2) is 6.21. The lowest BCUT2D eigenvalue weighted by atomic mass is 9.83. The zero-order chi connectivity index (χ0) is 12.0. The first kappa shape index (κ1) is 13.5. The Morgan fingerprint density at radius 2 is 2.19 bits per heavy atom. The van der Waals surface area contributed by atoms with E-state index in [9.17, 15) is 9.90 Å². The van der Waals surface area contributed by atoms with Crippen LogP contribution in [0.5, 0.6) is 0 Å². The van der Waals surface area contributed by atoms with Crippen LogP contribution in [-0.2, 0) is 4.79 Å². The minimum Gasteiger partial charge on any atom is -0.480 e. The van der Waals surface area contributed by atoms with Gasteiger partial charge in [-0.15, -0.1) is 0 Å². The molecular formula is C12H23NO3. The molecule has 0 saturated carbocycles. The van der Waals surface area contributed by atoms with E-state index >= 15 is 0 Å². The molecule has 1 saturated heterocycles. The molecule has 94 valence electrons. The predicted molar refractivity (Wildman–Crippen MR) is 62.4 cm³/mol. The van der Waals surface area contributed by atoms with E-state index < -0.39 is 11.5 Å². The molecule has 0 bridgehead atoms. The number of carboxylic acid groups (broad SMARTS) is 1. The molecule has 4 heteroatoms. The molecule has 4 nitrogen and oxygen atoms in total. The van der Waals surface area contributed by atoms with Crippen LogP contribution in [0.1, 0.15) is 45.4 Å². The first-order valence-corrected chi connectivity index (χ1v) is 6.26. The van der Waals surface area contributed by atoms with E-state index in [1.165, 1.54) is 0 Å². The van der Waals surface area contributed by atoms with Gasteiger partial charge >= 0.3 is 5.97 Å². The highest BCUT2D eigenvalue weighted by Crippen LogP contribution is 2.31. The summed E-state index contributed by atoms with van der Waals surface area (Å²) >= 11 is 0. The molecule has 0 aromatic carbocycles. The first-order valence-electron chi connectivity index (χ1n) is 6.26. The van der Waals surface area contributed by atoms with Crippen molar-refractivity contribution in [1.82, 2.24) is 4.90 Å². The normalized spacial score (nSPS) is 26.9. The summed E-state index contributed by atoms with van der Waals surface area (Å²) in [6, 6.07) is 0. The Hall–Kier alpha value is -0.610. The Morgan fingerprint density at radius 1 is 1.44 bits per heavy atom. The smallest absolute Gasteiger partial charge is 0.324 e. The van der Waals surface area contributed by atoms with Gasteiger partial charge in [-0.05, 0) is 45.2 Å². The van der Waals surface area contributed by atoms with Crippen molar-refractivity contribution in [2.75, 3.05) is 19.7 Å². The summed E-state index contributed by atoms with van der Waals surface area (Å²) in [6.07, 6.45) is 5.16. The van der Waals surface area contributed by atoms with Crippen LogP contribution in [0.3, 0.4) is 0 Å². The van der Waals surface area contributed by atoms with Crippen molar-refractivity contribution >= 4 is 5.97 Å². The summed E-state index contributed by atoms with van der Waals surface area (Å²) in [5, 5.41) is 18.5. The standard InChI is InChI=1S/C12H23NO3/c1-2-3-8-13-9-5-4-6-12(13,7-10-14)11(15)16/h14H,2-10H2,1H3,(H,15,16). The minimum absolute atomic E-state index is 0.0467. The van der Waals surface area contributed by atoms with Gasteiger partial charge in [-0.25, -0.2) is 0 Å². The Bertz CT molecular complexity index is 228. The first-order chi connectivity index (χ1) is 7.67. The molecule has 16 heavy (non-hydrogen) atoms. The van der Waals surface area contributed by atoms with E-state index in [1.807, 2.05) is 0 Å². The van der Waals surface area contributed by atoms with Crippen LogP contribution in [0.15, 0.2) is 0 Å². The lowest BCUT2D eigenvalue weighted by Gasteiger charge is -2.44. The number of piperidine rings is 1. The van der Waals surface area contributed by atoms with Crippen molar-refractivity contribution in [2.45, 2.75) is 51.0 Å². The van der Waals surface area contributed by atoms with Gasteiger partial charge in [-0.3, -0.25) is 9.69 Å². The van der Waals surface area contributed by atoms with Gasteiger partial charge in [0.05, 0.1) is 0 Å². The van der Waals surface area contributed by atoms with Gasteiger partial charge in [0.15, 0.2) is 0 Å². The quantitative estimate of drug-likeness (QED) is 0.724. The van der Waals surface area contributed by atoms with Gasteiger partial charge in [0.25, 0.3) is 0 Å². The molecule has 1 atom stereocenters. The van der Waals surface area contributed by atoms with Crippen LogP contribution in [0.4, 0.5) is 0 Å². The van der Waals surface area contributed by atoms with Gasteiger partial charge in [-0.2, -0.15) is 0 Å². The van der Waals surface area contributed by atoms with Crippen molar-refractivity contribution in [1.29, 1.82) is 0 Å². The maximum Gasteiger partial charge on any atom is 0.324 e. The summed E-state index contributed by atoms with van der Waals surface area (Å²) in [4.78, 5) is 13.6. The van der Waals surface area contributed by atoms with Gasteiger partial charge in [-0.1, -0.05) is 13.3 Å². The van der Waals surface area contributed by atoms with Crippen LogP contribution >= 0.6 is 0 Å². The van der Waals surface area contributed by atoms with Crippen molar-refractivity contribution in [3.63, 3.8) is 0 Å².